The topological polar surface area (TPSA) is 72.5 Å². The van der Waals surface area contributed by atoms with Gasteiger partial charge in [0.05, 0.1) is 13.2 Å². The molecule has 1 aliphatic rings. The van der Waals surface area contributed by atoms with Gasteiger partial charge in [0.25, 0.3) is 0 Å². The second-order valence-electron chi connectivity index (χ2n) is 5.57. The van der Waals surface area contributed by atoms with E-state index in [1.54, 1.807) is 18.3 Å². The van der Waals surface area contributed by atoms with Gasteiger partial charge in [0.15, 0.2) is 17.5 Å². The Balaban J connectivity index is 0.00000208. The lowest BCUT2D eigenvalue weighted by Crippen LogP contribution is -2.31. The summed E-state index contributed by atoms with van der Waals surface area (Å²) in [5.74, 6) is 1.28. The average Bonchev–Trinajstić information content (AvgIpc) is 2.51. The predicted molar refractivity (Wildman–Crippen MR) is 104 cm³/mol. The number of anilines is 1. The molecule has 1 aromatic heterocycles. The van der Waals surface area contributed by atoms with Crippen molar-refractivity contribution < 1.29 is 9.13 Å². The molecule has 0 radical (unpaired) electrons. The molecule has 3 rings (SSSR count). The molecule has 0 bridgehead atoms. The molecule has 1 saturated carbocycles. The van der Waals surface area contributed by atoms with Gasteiger partial charge in [0.1, 0.15) is 5.82 Å². The summed E-state index contributed by atoms with van der Waals surface area (Å²) >= 11 is 0. The maximum atomic E-state index is 13.7. The van der Waals surface area contributed by atoms with E-state index in [0.717, 1.165) is 18.4 Å². The monoisotopic (exact) mass is 442 g/mol. The summed E-state index contributed by atoms with van der Waals surface area (Å²) in [4.78, 5) is 8.57. The van der Waals surface area contributed by atoms with Gasteiger partial charge >= 0.3 is 0 Å². The summed E-state index contributed by atoms with van der Waals surface area (Å²) < 4.78 is 18.7. The Morgan fingerprint density at radius 1 is 1.33 bits per heavy atom. The minimum atomic E-state index is -0.326. The summed E-state index contributed by atoms with van der Waals surface area (Å²) in [5.41, 5.74) is 6.86. The molecular formula is C17H20FIN4O. The molecule has 0 amide bonds. The Hall–Kier alpha value is -1.90. The highest BCUT2D eigenvalue weighted by Crippen LogP contribution is 2.39. The van der Waals surface area contributed by atoms with Crippen molar-refractivity contribution in [1.29, 1.82) is 0 Å². The van der Waals surface area contributed by atoms with E-state index < -0.39 is 0 Å². The summed E-state index contributed by atoms with van der Waals surface area (Å²) in [6.45, 7) is 0. The highest BCUT2D eigenvalue weighted by atomic mass is 127. The number of hydrogen-bond acceptors (Lipinski definition) is 3. The molecule has 128 valence electrons. The van der Waals surface area contributed by atoms with Gasteiger partial charge in [-0.05, 0) is 48.6 Å². The molecule has 1 aliphatic carbocycles. The SMILES string of the molecule is COc1ccc(C2CC(N=C(N)Nc3ccccn3)C2)cc1F.I. The number of nitrogens with zero attached hydrogens (tertiary/aromatic N) is 2. The Kier molecular flexibility index (Phi) is 6.36. The van der Waals surface area contributed by atoms with Gasteiger partial charge in [0, 0.05) is 6.20 Å². The third-order valence-electron chi connectivity index (χ3n) is 4.00. The number of methoxy groups -OCH3 is 1. The lowest BCUT2D eigenvalue weighted by molar-refractivity contribution is 0.349. The number of nitrogens with two attached hydrogens (primary N) is 1. The number of nitrogens with one attached hydrogen (secondary N) is 1. The van der Waals surface area contributed by atoms with Crippen LogP contribution in [-0.4, -0.2) is 24.1 Å². The molecule has 5 nitrogen and oxygen atoms in total. The number of pyridine rings is 1. The first-order valence-corrected chi connectivity index (χ1v) is 7.50. The first kappa shape index (κ1) is 18.4. The minimum Gasteiger partial charge on any atom is -0.494 e. The second kappa shape index (κ2) is 8.27. The zero-order valence-corrected chi connectivity index (χ0v) is 15.6. The fourth-order valence-electron chi connectivity index (χ4n) is 2.70. The Bertz CT molecular complexity index is 705. The van der Waals surface area contributed by atoms with Crippen LogP contribution in [0.2, 0.25) is 0 Å². The number of aromatic nitrogens is 1. The van der Waals surface area contributed by atoms with Crippen molar-refractivity contribution >= 4 is 35.8 Å². The van der Waals surface area contributed by atoms with Crippen molar-refractivity contribution in [3.05, 3.63) is 54.0 Å². The standard InChI is InChI=1S/C17H19FN4O.HI/c1-23-15-6-5-11(10-14(15)18)12-8-13(9-12)21-17(19)22-16-4-2-3-7-20-16;/h2-7,10,12-13H,8-9H2,1H3,(H3,19,20,21,22);1H. The number of benzene rings is 1. The predicted octanol–water partition coefficient (Wildman–Crippen LogP) is 3.52. The van der Waals surface area contributed by atoms with E-state index in [4.69, 9.17) is 10.5 Å². The van der Waals surface area contributed by atoms with Gasteiger partial charge < -0.3 is 15.8 Å². The van der Waals surface area contributed by atoms with Gasteiger partial charge in [-0.15, -0.1) is 24.0 Å². The van der Waals surface area contributed by atoms with E-state index in [0.29, 0.717) is 17.7 Å². The van der Waals surface area contributed by atoms with Gasteiger partial charge in [-0.2, -0.15) is 0 Å². The summed E-state index contributed by atoms with van der Waals surface area (Å²) in [6.07, 6.45) is 3.40. The number of guanidine groups is 1. The first-order chi connectivity index (χ1) is 11.2. The minimum absolute atomic E-state index is 0. The van der Waals surface area contributed by atoms with Crippen molar-refractivity contribution in [2.24, 2.45) is 10.7 Å². The molecule has 7 heteroatoms. The van der Waals surface area contributed by atoms with Gasteiger partial charge in [0.2, 0.25) is 0 Å². The van der Waals surface area contributed by atoms with Crippen LogP contribution in [0.15, 0.2) is 47.6 Å². The molecule has 0 spiro atoms. The first-order valence-electron chi connectivity index (χ1n) is 7.50. The number of aliphatic imine (C=N–C) groups is 1. The largest absolute Gasteiger partial charge is 0.494 e. The fraction of sp³-hybridized carbons (Fsp3) is 0.294. The van der Waals surface area contributed by atoms with E-state index in [2.05, 4.69) is 15.3 Å². The molecule has 1 heterocycles. The van der Waals surface area contributed by atoms with Crippen LogP contribution in [0.25, 0.3) is 0 Å². The zero-order chi connectivity index (χ0) is 16.2. The third-order valence-corrected chi connectivity index (χ3v) is 4.00. The third kappa shape index (κ3) is 4.34. The Labute approximate surface area is 157 Å². The maximum absolute atomic E-state index is 13.7. The molecule has 1 fully saturated rings. The van der Waals surface area contributed by atoms with Crippen LogP contribution >= 0.6 is 24.0 Å². The highest BCUT2D eigenvalue weighted by Gasteiger charge is 2.30. The average molecular weight is 442 g/mol. The summed E-state index contributed by atoms with van der Waals surface area (Å²) in [6, 6.07) is 10.8. The van der Waals surface area contributed by atoms with Crippen molar-refractivity contribution in [2.45, 2.75) is 24.8 Å². The second-order valence-corrected chi connectivity index (χ2v) is 5.57. The summed E-state index contributed by atoms with van der Waals surface area (Å²) in [5, 5.41) is 2.96. The van der Waals surface area contributed by atoms with Gasteiger partial charge in [-0.3, -0.25) is 0 Å². The van der Waals surface area contributed by atoms with Crippen molar-refractivity contribution in [2.75, 3.05) is 12.4 Å². The van der Waals surface area contributed by atoms with E-state index in [-0.39, 0.29) is 41.6 Å². The van der Waals surface area contributed by atoms with Crippen LogP contribution in [0.5, 0.6) is 5.75 Å². The van der Waals surface area contributed by atoms with E-state index >= 15 is 0 Å². The molecule has 0 aliphatic heterocycles. The van der Waals surface area contributed by atoms with Gasteiger partial charge in [-0.25, -0.2) is 14.4 Å². The van der Waals surface area contributed by atoms with Crippen LogP contribution in [-0.2, 0) is 0 Å². The van der Waals surface area contributed by atoms with Crippen LogP contribution in [0, 0.1) is 5.82 Å². The number of ether oxygens (including phenoxy) is 1. The quantitative estimate of drug-likeness (QED) is 0.432. The Morgan fingerprint density at radius 3 is 2.75 bits per heavy atom. The zero-order valence-electron chi connectivity index (χ0n) is 13.3. The fourth-order valence-corrected chi connectivity index (χ4v) is 2.70. The van der Waals surface area contributed by atoms with Gasteiger partial charge in [-0.1, -0.05) is 12.1 Å². The highest BCUT2D eigenvalue weighted by molar-refractivity contribution is 14.0. The number of hydrogen-bond donors (Lipinski definition) is 2. The molecule has 0 atom stereocenters. The molecule has 2 aromatic rings. The molecule has 3 N–H and O–H groups in total. The van der Waals surface area contributed by atoms with E-state index in [9.17, 15) is 4.39 Å². The van der Waals surface area contributed by atoms with E-state index in [1.165, 1.54) is 7.11 Å². The molecule has 0 unspecified atom stereocenters. The Morgan fingerprint density at radius 2 is 2.12 bits per heavy atom. The molecule has 24 heavy (non-hydrogen) atoms. The van der Waals surface area contributed by atoms with Crippen molar-refractivity contribution in [1.82, 2.24) is 4.98 Å². The lowest BCUT2D eigenvalue weighted by atomic mass is 9.76. The van der Waals surface area contributed by atoms with Crippen LogP contribution in [0.3, 0.4) is 0 Å². The number of rotatable bonds is 4. The van der Waals surface area contributed by atoms with Crippen molar-refractivity contribution in [3.8, 4) is 5.75 Å². The maximum Gasteiger partial charge on any atom is 0.194 e. The number of halogens is 2. The lowest BCUT2D eigenvalue weighted by Gasteiger charge is -2.33. The normalized spacial score (nSPS) is 19.8. The van der Waals surface area contributed by atoms with Crippen LogP contribution < -0.4 is 15.8 Å². The summed E-state index contributed by atoms with van der Waals surface area (Å²) in [7, 11) is 1.46. The van der Waals surface area contributed by atoms with Crippen LogP contribution in [0.1, 0.15) is 24.3 Å². The van der Waals surface area contributed by atoms with E-state index in [1.807, 2.05) is 24.3 Å². The van der Waals surface area contributed by atoms with Crippen molar-refractivity contribution in [3.63, 3.8) is 0 Å². The molecule has 1 aromatic carbocycles. The van der Waals surface area contributed by atoms with Crippen LogP contribution in [0.4, 0.5) is 10.2 Å². The molecular weight excluding hydrogens is 422 g/mol. The smallest absolute Gasteiger partial charge is 0.194 e. The molecule has 0 saturated heterocycles.